The lowest BCUT2D eigenvalue weighted by Gasteiger charge is -2.39. The Morgan fingerprint density at radius 1 is 0.966 bits per heavy atom. The zero-order valence-corrected chi connectivity index (χ0v) is 17.4. The minimum Gasteiger partial charge on any atom is -0.371 e. The zero-order valence-electron chi connectivity index (χ0n) is 17.4. The van der Waals surface area contributed by atoms with Crippen molar-refractivity contribution in [3.63, 3.8) is 0 Å². The van der Waals surface area contributed by atoms with Crippen molar-refractivity contribution in [1.29, 1.82) is 0 Å². The number of hydrogen-bond acceptors (Lipinski definition) is 3. The molecule has 2 aromatic rings. The third-order valence-electron chi connectivity index (χ3n) is 6.04. The van der Waals surface area contributed by atoms with Crippen LogP contribution in [0.4, 0.5) is 16.2 Å². The van der Waals surface area contributed by atoms with Gasteiger partial charge in [-0.2, -0.15) is 0 Å². The van der Waals surface area contributed by atoms with Gasteiger partial charge in [-0.3, -0.25) is 4.90 Å². The Morgan fingerprint density at radius 2 is 1.76 bits per heavy atom. The molecule has 2 aliphatic rings. The predicted molar refractivity (Wildman–Crippen MR) is 119 cm³/mol. The third-order valence-corrected chi connectivity index (χ3v) is 6.04. The van der Waals surface area contributed by atoms with E-state index in [1.54, 1.807) is 0 Å². The van der Waals surface area contributed by atoms with Crippen LogP contribution in [0, 0.1) is 0 Å². The lowest BCUT2D eigenvalue weighted by molar-refractivity contribution is 0.104. The van der Waals surface area contributed by atoms with Crippen molar-refractivity contribution in [3.05, 3.63) is 60.2 Å². The van der Waals surface area contributed by atoms with E-state index in [2.05, 4.69) is 64.5 Å². The van der Waals surface area contributed by atoms with Crippen LogP contribution in [0.25, 0.3) is 0 Å². The summed E-state index contributed by atoms with van der Waals surface area (Å²) < 4.78 is 0. The second kappa shape index (κ2) is 9.31. The van der Waals surface area contributed by atoms with Crippen LogP contribution in [0.2, 0.25) is 0 Å². The van der Waals surface area contributed by atoms with E-state index < -0.39 is 0 Å². The first-order valence-corrected chi connectivity index (χ1v) is 10.9. The molecule has 0 saturated carbocycles. The normalized spacial score (nSPS) is 20.5. The highest BCUT2D eigenvalue weighted by Gasteiger charge is 2.27. The number of piperidine rings is 1. The molecule has 2 aromatic carbocycles. The van der Waals surface area contributed by atoms with Gasteiger partial charge in [0.1, 0.15) is 0 Å². The molecule has 0 radical (unpaired) electrons. The van der Waals surface area contributed by atoms with Crippen molar-refractivity contribution in [1.82, 2.24) is 9.80 Å². The predicted octanol–water partition coefficient (Wildman–Crippen LogP) is 4.42. The first-order valence-electron chi connectivity index (χ1n) is 10.9. The highest BCUT2D eigenvalue weighted by molar-refractivity contribution is 5.90. The van der Waals surface area contributed by atoms with E-state index in [0.717, 1.165) is 45.0 Å². The second-order valence-corrected chi connectivity index (χ2v) is 8.29. The standard InChI is InChI=1S/C24H32N4O/c1-20-18-26(19-21-9-4-2-5-10-21)15-16-28(20)24(29)25-22-11-8-12-23(17-22)27-13-6-3-7-14-27/h2,4-5,8-12,17,20H,3,6-7,13-16,18-19H2,1H3,(H,25,29)/t20-/m1/s1. The number of urea groups is 1. The quantitative estimate of drug-likeness (QED) is 0.837. The van der Waals surface area contributed by atoms with Crippen LogP contribution in [0.15, 0.2) is 54.6 Å². The maximum Gasteiger partial charge on any atom is 0.322 e. The maximum atomic E-state index is 12.9. The molecule has 0 unspecified atom stereocenters. The van der Waals surface area contributed by atoms with Gasteiger partial charge in [0.25, 0.3) is 0 Å². The van der Waals surface area contributed by atoms with Gasteiger partial charge in [0.05, 0.1) is 0 Å². The summed E-state index contributed by atoms with van der Waals surface area (Å²) in [4.78, 5) is 19.7. The Morgan fingerprint density at radius 3 is 2.52 bits per heavy atom. The minimum atomic E-state index is 0.00709. The molecule has 2 fully saturated rings. The molecule has 2 amide bonds. The molecular weight excluding hydrogens is 360 g/mol. The molecule has 2 saturated heterocycles. The van der Waals surface area contributed by atoms with E-state index >= 15 is 0 Å². The molecule has 0 bridgehead atoms. The molecule has 2 aliphatic heterocycles. The largest absolute Gasteiger partial charge is 0.371 e. The number of piperazine rings is 1. The summed E-state index contributed by atoms with van der Waals surface area (Å²) in [5.41, 5.74) is 3.42. The van der Waals surface area contributed by atoms with E-state index in [-0.39, 0.29) is 12.1 Å². The van der Waals surface area contributed by atoms with Crippen LogP contribution >= 0.6 is 0 Å². The zero-order chi connectivity index (χ0) is 20.1. The average molecular weight is 393 g/mol. The Labute approximate surface area is 174 Å². The molecule has 0 aromatic heterocycles. The van der Waals surface area contributed by atoms with Gasteiger partial charge in [0, 0.05) is 56.7 Å². The molecule has 154 valence electrons. The summed E-state index contributed by atoms with van der Waals surface area (Å²) in [6.07, 6.45) is 3.82. The molecule has 5 nitrogen and oxygen atoms in total. The fourth-order valence-corrected chi connectivity index (χ4v) is 4.45. The smallest absolute Gasteiger partial charge is 0.322 e. The maximum absolute atomic E-state index is 12.9. The van der Waals surface area contributed by atoms with E-state index in [0.29, 0.717) is 0 Å². The van der Waals surface area contributed by atoms with Crippen molar-refractivity contribution in [2.75, 3.05) is 42.9 Å². The number of anilines is 2. The Hall–Kier alpha value is -2.53. The highest BCUT2D eigenvalue weighted by atomic mass is 16.2. The fraction of sp³-hybridized carbons (Fsp3) is 0.458. The van der Waals surface area contributed by atoms with Crippen molar-refractivity contribution in [3.8, 4) is 0 Å². The van der Waals surface area contributed by atoms with Gasteiger partial charge in [-0.25, -0.2) is 4.79 Å². The van der Waals surface area contributed by atoms with Gasteiger partial charge in [0.2, 0.25) is 0 Å². The number of nitrogens with one attached hydrogen (secondary N) is 1. The number of carbonyl (C=O) groups is 1. The molecule has 5 heteroatoms. The van der Waals surface area contributed by atoms with E-state index in [1.807, 2.05) is 17.0 Å². The average Bonchev–Trinajstić information content (AvgIpc) is 2.75. The molecule has 4 rings (SSSR count). The Balaban J connectivity index is 1.33. The number of hydrogen-bond donors (Lipinski definition) is 1. The van der Waals surface area contributed by atoms with Crippen LogP contribution in [0.3, 0.4) is 0 Å². The lowest BCUT2D eigenvalue weighted by atomic mass is 10.1. The van der Waals surface area contributed by atoms with Gasteiger partial charge >= 0.3 is 6.03 Å². The van der Waals surface area contributed by atoms with Crippen LogP contribution in [-0.4, -0.2) is 54.6 Å². The van der Waals surface area contributed by atoms with Crippen molar-refractivity contribution in [2.24, 2.45) is 0 Å². The van der Waals surface area contributed by atoms with Crippen LogP contribution in [0.1, 0.15) is 31.7 Å². The van der Waals surface area contributed by atoms with Gasteiger partial charge in [0.15, 0.2) is 0 Å². The van der Waals surface area contributed by atoms with Crippen molar-refractivity contribution in [2.45, 2.75) is 38.8 Å². The number of benzene rings is 2. The summed E-state index contributed by atoms with van der Waals surface area (Å²) in [6, 6.07) is 19.0. The van der Waals surface area contributed by atoms with Gasteiger partial charge in [-0.15, -0.1) is 0 Å². The Bertz CT molecular complexity index is 804. The van der Waals surface area contributed by atoms with Gasteiger partial charge in [-0.05, 0) is 49.9 Å². The third kappa shape index (κ3) is 5.10. The first-order chi connectivity index (χ1) is 14.2. The highest BCUT2D eigenvalue weighted by Crippen LogP contribution is 2.23. The van der Waals surface area contributed by atoms with Crippen molar-refractivity contribution < 1.29 is 4.79 Å². The molecular formula is C24H32N4O. The SMILES string of the molecule is C[C@@H]1CN(Cc2ccccc2)CCN1C(=O)Nc1cccc(N2CCCCC2)c1. The van der Waals surface area contributed by atoms with Gasteiger partial charge < -0.3 is 15.1 Å². The Kier molecular flexibility index (Phi) is 6.35. The van der Waals surface area contributed by atoms with Crippen LogP contribution in [0.5, 0.6) is 0 Å². The number of amides is 2. The second-order valence-electron chi connectivity index (χ2n) is 8.29. The van der Waals surface area contributed by atoms with Crippen LogP contribution in [-0.2, 0) is 6.54 Å². The number of nitrogens with zero attached hydrogens (tertiary/aromatic N) is 3. The molecule has 1 atom stereocenters. The summed E-state index contributed by atoms with van der Waals surface area (Å²) in [7, 11) is 0. The molecule has 2 heterocycles. The first kappa shape index (κ1) is 19.8. The monoisotopic (exact) mass is 392 g/mol. The van der Waals surface area contributed by atoms with Crippen LogP contribution < -0.4 is 10.2 Å². The molecule has 1 N–H and O–H groups in total. The summed E-state index contributed by atoms with van der Waals surface area (Å²) in [5.74, 6) is 0. The summed E-state index contributed by atoms with van der Waals surface area (Å²) in [5, 5.41) is 3.13. The fourth-order valence-electron chi connectivity index (χ4n) is 4.45. The summed E-state index contributed by atoms with van der Waals surface area (Å²) >= 11 is 0. The lowest BCUT2D eigenvalue weighted by Crippen LogP contribution is -2.54. The molecule has 29 heavy (non-hydrogen) atoms. The number of rotatable bonds is 4. The molecule has 0 spiro atoms. The van der Waals surface area contributed by atoms with Crippen molar-refractivity contribution >= 4 is 17.4 Å². The van der Waals surface area contributed by atoms with Gasteiger partial charge in [-0.1, -0.05) is 36.4 Å². The topological polar surface area (TPSA) is 38.8 Å². The molecule has 0 aliphatic carbocycles. The van der Waals surface area contributed by atoms with E-state index in [1.165, 1.54) is 30.5 Å². The summed E-state index contributed by atoms with van der Waals surface area (Å²) in [6.45, 7) is 7.86. The van der Waals surface area contributed by atoms with E-state index in [4.69, 9.17) is 0 Å². The minimum absolute atomic E-state index is 0.00709. The number of carbonyl (C=O) groups excluding carboxylic acids is 1. The van der Waals surface area contributed by atoms with E-state index in [9.17, 15) is 4.79 Å².